The highest BCUT2D eigenvalue weighted by Gasteiger charge is 2.35. The van der Waals surface area contributed by atoms with Gasteiger partial charge in [-0.25, -0.2) is 0 Å². The summed E-state index contributed by atoms with van der Waals surface area (Å²) in [6.07, 6.45) is 5.58. The van der Waals surface area contributed by atoms with Gasteiger partial charge in [-0.05, 0) is 38.6 Å². The Balaban J connectivity index is 1.81. The van der Waals surface area contributed by atoms with Gasteiger partial charge in [-0.15, -0.1) is 0 Å². The first-order chi connectivity index (χ1) is 7.09. The second-order valence-electron chi connectivity index (χ2n) is 5.57. The van der Waals surface area contributed by atoms with E-state index >= 15 is 0 Å². The van der Waals surface area contributed by atoms with E-state index < -0.39 is 0 Å². The van der Waals surface area contributed by atoms with Crippen molar-refractivity contribution in [1.82, 2.24) is 4.90 Å². The molecule has 2 aliphatic rings. The predicted molar refractivity (Wildman–Crippen MR) is 61.6 cm³/mol. The maximum absolute atomic E-state index is 10.3. The Morgan fingerprint density at radius 3 is 2.67 bits per heavy atom. The fourth-order valence-corrected chi connectivity index (χ4v) is 3.04. The van der Waals surface area contributed by atoms with Gasteiger partial charge in [-0.1, -0.05) is 12.8 Å². The minimum atomic E-state index is -0.382. The van der Waals surface area contributed by atoms with Gasteiger partial charge < -0.3 is 15.7 Å². The fourth-order valence-electron chi connectivity index (χ4n) is 3.04. The van der Waals surface area contributed by atoms with Crippen LogP contribution in [-0.2, 0) is 0 Å². The summed E-state index contributed by atoms with van der Waals surface area (Å²) in [4.78, 5) is 2.40. The first kappa shape index (κ1) is 11.4. The molecular formula is C12H24N2O. The molecule has 1 heterocycles. The summed E-state index contributed by atoms with van der Waals surface area (Å²) in [5.74, 6) is 0.634. The standard InChI is InChI=1S/C12H24N2O/c1-10(13)11-4-7-14(8-11)9-12(15)5-2-3-6-12/h10-11,15H,2-9,13H2,1H3. The minimum absolute atomic E-state index is 0.299. The summed E-state index contributed by atoms with van der Waals surface area (Å²) in [6, 6.07) is 0.299. The van der Waals surface area contributed by atoms with E-state index in [1.807, 2.05) is 0 Å². The van der Waals surface area contributed by atoms with E-state index in [1.165, 1.54) is 19.3 Å². The number of aliphatic hydroxyl groups is 1. The second kappa shape index (κ2) is 4.40. The maximum atomic E-state index is 10.3. The fraction of sp³-hybridized carbons (Fsp3) is 1.00. The van der Waals surface area contributed by atoms with Crippen LogP contribution in [0.4, 0.5) is 0 Å². The topological polar surface area (TPSA) is 49.5 Å². The molecule has 0 aromatic heterocycles. The summed E-state index contributed by atoms with van der Waals surface area (Å²) in [7, 11) is 0. The highest BCUT2D eigenvalue weighted by molar-refractivity contribution is 4.90. The van der Waals surface area contributed by atoms with Crippen LogP contribution in [0.2, 0.25) is 0 Å². The van der Waals surface area contributed by atoms with E-state index in [9.17, 15) is 5.11 Å². The van der Waals surface area contributed by atoms with Gasteiger partial charge in [-0.3, -0.25) is 0 Å². The van der Waals surface area contributed by atoms with Crippen molar-refractivity contribution < 1.29 is 5.11 Å². The van der Waals surface area contributed by atoms with Gasteiger partial charge in [0.1, 0.15) is 0 Å². The first-order valence-electron chi connectivity index (χ1n) is 6.29. The molecule has 3 nitrogen and oxygen atoms in total. The van der Waals surface area contributed by atoms with Crippen LogP contribution in [0.25, 0.3) is 0 Å². The lowest BCUT2D eigenvalue weighted by Crippen LogP contribution is -2.40. The molecule has 0 spiro atoms. The van der Waals surface area contributed by atoms with Crippen molar-refractivity contribution in [1.29, 1.82) is 0 Å². The first-order valence-corrected chi connectivity index (χ1v) is 6.29. The average molecular weight is 212 g/mol. The molecule has 2 unspecified atom stereocenters. The highest BCUT2D eigenvalue weighted by atomic mass is 16.3. The average Bonchev–Trinajstić information content (AvgIpc) is 2.75. The zero-order chi connectivity index (χ0) is 10.9. The van der Waals surface area contributed by atoms with Crippen molar-refractivity contribution in [2.75, 3.05) is 19.6 Å². The molecule has 2 rings (SSSR count). The molecule has 3 heteroatoms. The largest absolute Gasteiger partial charge is 0.389 e. The molecule has 2 fully saturated rings. The van der Waals surface area contributed by atoms with Crippen molar-refractivity contribution in [2.45, 2.75) is 50.7 Å². The number of likely N-dealkylation sites (tertiary alicyclic amines) is 1. The number of hydrogen-bond donors (Lipinski definition) is 2. The van der Waals surface area contributed by atoms with E-state index in [1.54, 1.807) is 0 Å². The molecule has 0 amide bonds. The van der Waals surface area contributed by atoms with E-state index in [0.29, 0.717) is 12.0 Å². The Morgan fingerprint density at radius 1 is 1.47 bits per heavy atom. The molecule has 0 aromatic carbocycles. The van der Waals surface area contributed by atoms with Crippen LogP contribution in [0.15, 0.2) is 0 Å². The number of hydrogen-bond acceptors (Lipinski definition) is 3. The van der Waals surface area contributed by atoms with Crippen molar-refractivity contribution in [3.05, 3.63) is 0 Å². The van der Waals surface area contributed by atoms with Gasteiger partial charge in [0.15, 0.2) is 0 Å². The monoisotopic (exact) mass is 212 g/mol. The van der Waals surface area contributed by atoms with Crippen molar-refractivity contribution in [2.24, 2.45) is 11.7 Å². The Bertz CT molecular complexity index is 212. The number of rotatable bonds is 3. The van der Waals surface area contributed by atoms with Crippen LogP contribution in [0.3, 0.4) is 0 Å². The lowest BCUT2D eigenvalue weighted by molar-refractivity contribution is 0.0146. The molecule has 1 aliphatic carbocycles. The van der Waals surface area contributed by atoms with E-state index in [2.05, 4.69) is 11.8 Å². The summed E-state index contributed by atoms with van der Waals surface area (Å²) in [5, 5.41) is 10.3. The van der Waals surface area contributed by atoms with Gasteiger partial charge in [0.25, 0.3) is 0 Å². The number of β-amino-alcohol motifs (C(OH)–C–C–N with tert-alkyl or cyclic N) is 1. The van der Waals surface area contributed by atoms with Crippen LogP contribution >= 0.6 is 0 Å². The molecule has 2 atom stereocenters. The van der Waals surface area contributed by atoms with Crippen molar-refractivity contribution in [3.8, 4) is 0 Å². The summed E-state index contributed by atoms with van der Waals surface area (Å²) >= 11 is 0. The van der Waals surface area contributed by atoms with Gasteiger partial charge in [0.2, 0.25) is 0 Å². The third kappa shape index (κ3) is 2.71. The lowest BCUT2D eigenvalue weighted by Gasteiger charge is -2.28. The quantitative estimate of drug-likeness (QED) is 0.732. The van der Waals surface area contributed by atoms with Gasteiger partial charge in [-0.2, -0.15) is 0 Å². The second-order valence-corrected chi connectivity index (χ2v) is 5.57. The van der Waals surface area contributed by atoms with Crippen LogP contribution < -0.4 is 5.73 Å². The molecule has 0 radical (unpaired) electrons. The predicted octanol–water partition coefficient (Wildman–Crippen LogP) is 0.961. The van der Waals surface area contributed by atoms with Crippen molar-refractivity contribution >= 4 is 0 Å². The molecule has 0 bridgehead atoms. The molecule has 88 valence electrons. The molecule has 1 saturated carbocycles. The Morgan fingerprint density at radius 2 is 2.13 bits per heavy atom. The van der Waals surface area contributed by atoms with Crippen LogP contribution in [0, 0.1) is 5.92 Å². The van der Waals surface area contributed by atoms with Crippen LogP contribution in [-0.4, -0.2) is 41.3 Å². The van der Waals surface area contributed by atoms with Gasteiger partial charge in [0.05, 0.1) is 5.60 Å². The molecule has 1 saturated heterocycles. The summed E-state index contributed by atoms with van der Waals surface area (Å²) in [6.45, 7) is 5.17. The van der Waals surface area contributed by atoms with Crippen molar-refractivity contribution in [3.63, 3.8) is 0 Å². The molecule has 0 aromatic rings. The Labute approximate surface area is 92.6 Å². The van der Waals surface area contributed by atoms with E-state index in [0.717, 1.165) is 32.5 Å². The summed E-state index contributed by atoms with van der Waals surface area (Å²) < 4.78 is 0. The molecule has 3 N–H and O–H groups in total. The molecule has 1 aliphatic heterocycles. The molecule has 15 heavy (non-hydrogen) atoms. The van der Waals surface area contributed by atoms with Gasteiger partial charge in [0, 0.05) is 19.1 Å². The third-order valence-electron chi connectivity index (χ3n) is 4.10. The maximum Gasteiger partial charge on any atom is 0.0774 e. The Hall–Kier alpha value is -0.120. The SMILES string of the molecule is CC(N)C1CCN(CC2(O)CCCC2)C1. The smallest absolute Gasteiger partial charge is 0.0774 e. The third-order valence-corrected chi connectivity index (χ3v) is 4.10. The molecular weight excluding hydrogens is 188 g/mol. The highest BCUT2D eigenvalue weighted by Crippen LogP contribution is 2.31. The summed E-state index contributed by atoms with van der Waals surface area (Å²) in [5.41, 5.74) is 5.53. The Kier molecular flexibility index (Phi) is 3.33. The number of nitrogens with zero attached hydrogens (tertiary/aromatic N) is 1. The number of nitrogens with two attached hydrogens (primary N) is 1. The van der Waals surface area contributed by atoms with Gasteiger partial charge >= 0.3 is 0 Å². The van der Waals surface area contributed by atoms with Crippen LogP contribution in [0.5, 0.6) is 0 Å². The normalized spacial score (nSPS) is 33.4. The van der Waals surface area contributed by atoms with E-state index in [-0.39, 0.29) is 5.60 Å². The minimum Gasteiger partial charge on any atom is -0.389 e. The zero-order valence-corrected chi connectivity index (χ0v) is 9.78. The lowest BCUT2D eigenvalue weighted by atomic mass is 10.0. The van der Waals surface area contributed by atoms with E-state index in [4.69, 9.17) is 5.73 Å². The zero-order valence-electron chi connectivity index (χ0n) is 9.78. The van der Waals surface area contributed by atoms with Crippen LogP contribution in [0.1, 0.15) is 39.0 Å².